The molecule has 0 unspecified atom stereocenters. The van der Waals surface area contributed by atoms with E-state index in [2.05, 4.69) is 0 Å². The van der Waals surface area contributed by atoms with Gasteiger partial charge in [-0.2, -0.15) is 5.26 Å². The first-order chi connectivity index (χ1) is 11.6. The number of carbonyl (C=O) groups is 1. The second kappa shape index (κ2) is 8.61. The van der Waals surface area contributed by atoms with Gasteiger partial charge in [0.15, 0.2) is 18.1 Å². The van der Waals surface area contributed by atoms with Crippen LogP contribution < -0.4 is 14.2 Å². The topological polar surface area (TPSA) is 68.6 Å². The lowest BCUT2D eigenvalue weighted by atomic mass is 10.2. The van der Waals surface area contributed by atoms with Gasteiger partial charge in [-0.1, -0.05) is 23.7 Å². The molecule has 0 amide bonds. The van der Waals surface area contributed by atoms with Crippen LogP contribution in [0.15, 0.2) is 48.5 Å². The molecule has 0 saturated heterocycles. The smallest absolute Gasteiger partial charge is 0.336 e. The summed E-state index contributed by atoms with van der Waals surface area (Å²) in [7, 11) is 1.50. The monoisotopic (exact) mass is 343 g/mol. The highest BCUT2D eigenvalue weighted by Crippen LogP contribution is 2.28. The van der Waals surface area contributed by atoms with E-state index in [1.807, 2.05) is 6.07 Å². The molecule has 2 aromatic carbocycles. The van der Waals surface area contributed by atoms with E-state index in [0.29, 0.717) is 22.3 Å². The van der Waals surface area contributed by atoms with Crippen LogP contribution in [0.4, 0.5) is 0 Å². The summed E-state index contributed by atoms with van der Waals surface area (Å²) >= 11 is 5.83. The summed E-state index contributed by atoms with van der Waals surface area (Å²) < 4.78 is 15.6. The number of benzene rings is 2. The van der Waals surface area contributed by atoms with Crippen LogP contribution in [0.25, 0.3) is 6.08 Å². The molecule has 0 heterocycles. The van der Waals surface area contributed by atoms with Crippen LogP contribution in [0.1, 0.15) is 5.56 Å². The van der Waals surface area contributed by atoms with Crippen molar-refractivity contribution in [2.45, 2.75) is 0 Å². The quantitative estimate of drug-likeness (QED) is 0.452. The van der Waals surface area contributed by atoms with Crippen LogP contribution in [0, 0.1) is 11.3 Å². The average Bonchev–Trinajstić information content (AvgIpc) is 2.58. The minimum Gasteiger partial charge on any atom is -0.493 e. The fraction of sp³-hybridized carbons (Fsp3) is 0.111. The second-order valence-electron chi connectivity index (χ2n) is 4.57. The lowest BCUT2D eigenvalue weighted by Gasteiger charge is -2.08. The zero-order valence-electron chi connectivity index (χ0n) is 12.9. The van der Waals surface area contributed by atoms with Gasteiger partial charge in [0, 0.05) is 11.1 Å². The van der Waals surface area contributed by atoms with Crippen LogP contribution in [0.2, 0.25) is 5.02 Å². The van der Waals surface area contributed by atoms with Crippen LogP contribution in [0.5, 0.6) is 17.2 Å². The van der Waals surface area contributed by atoms with Crippen molar-refractivity contribution in [3.05, 3.63) is 59.1 Å². The number of halogens is 1. The van der Waals surface area contributed by atoms with Crippen molar-refractivity contribution >= 4 is 23.6 Å². The number of rotatable bonds is 6. The minimum absolute atomic E-state index is 0.0719. The molecule has 6 heteroatoms. The molecule has 5 nitrogen and oxygen atoms in total. The molecule has 2 aromatic rings. The summed E-state index contributed by atoms with van der Waals surface area (Å²) in [4.78, 5) is 11.8. The van der Waals surface area contributed by atoms with E-state index in [4.69, 9.17) is 31.1 Å². The number of nitrogens with zero attached hydrogens (tertiary/aromatic N) is 1. The van der Waals surface area contributed by atoms with E-state index >= 15 is 0 Å². The zero-order chi connectivity index (χ0) is 17.4. The SMILES string of the molecule is COc1cc(/C=C/C(=O)Oc2cccc(Cl)c2)ccc1OCC#N. The first-order valence-electron chi connectivity index (χ1n) is 6.95. The molecule has 24 heavy (non-hydrogen) atoms. The Hall–Kier alpha value is -2.97. The zero-order valence-corrected chi connectivity index (χ0v) is 13.6. The van der Waals surface area contributed by atoms with Crippen LogP contribution in [0.3, 0.4) is 0 Å². The van der Waals surface area contributed by atoms with Gasteiger partial charge in [0.1, 0.15) is 11.8 Å². The lowest BCUT2D eigenvalue weighted by molar-refractivity contribution is -0.128. The molecule has 0 atom stereocenters. The first kappa shape index (κ1) is 17.4. The van der Waals surface area contributed by atoms with Crippen molar-refractivity contribution in [3.63, 3.8) is 0 Å². The summed E-state index contributed by atoms with van der Waals surface area (Å²) in [5.74, 6) is 0.768. The molecular weight excluding hydrogens is 330 g/mol. The molecule has 0 N–H and O–H groups in total. The highest BCUT2D eigenvalue weighted by Gasteiger charge is 2.05. The van der Waals surface area contributed by atoms with Gasteiger partial charge in [0.05, 0.1) is 7.11 Å². The van der Waals surface area contributed by atoms with Crippen molar-refractivity contribution in [2.24, 2.45) is 0 Å². The highest BCUT2D eigenvalue weighted by molar-refractivity contribution is 6.30. The number of methoxy groups -OCH3 is 1. The Morgan fingerprint density at radius 3 is 2.79 bits per heavy atom. The average molecular weight is 344 g/mol. The van der Waals surface area contributed by atoms with Gasteiger partial charge in [-0.3, -0.25) is 0 Å². The Morgan fingerprint density at radius 1 is 1.25 bits per heavy atom. The molecule has 0 aliphatic heterocycles. The highest BCUT2D eigenvalue weighted by atomic mass is 35.5. The Morgan fingerprint density at radius 2 is 2.08 bits per heavy atom. The number of ether oxygens (including phenoxy) is 3. The third kappa shape index (κ3) is 5.04. The van der Waals surface area contributed by atoms with E-state index < -0.39 is 5.97 Å². The molecule has 122 valence electrons. The van der Waals surface area contributed by atoms with E-state index in [9.17, 15) is 4.79 Å². The van der Waals surface area contributed by atoms with Gasteiger partial charge in [-0.15, -0.1) is 0 Å². The van der Waals surface area contributed by atoms with Gasteiger partial charge < -0.3 is 14.2 Å². The van der Waals surface area contributed by atoms with E-state index in [-0.39, 0.29) is 6.61 Å². The third-order valence-electron chi connectivity index (χ3n) is 2.91. The number of hydrogen-bond donors (Lipinski definition) is 0. The molecule has 2 rings (SSSR count). The van der Waals surface area contributed by atoms with Crippen molar-refractivity contribution in [3.8, 4) is 23.3 Å². The maximum Gasteiger partial charge on any atom is 0.336 e. The fourth-order valence-corrected chi connectivity index (χ4v) is 2.04. The number of nitriles is 1. The Balaban J connectivity index is 2.05. The van der Waals surface area contributed by atoms with Crippen molar-refractivity contribution in [1.82, 2.24) is 0 Å². The van der Waals surface area contributed by atoms with E-state index in [1.165, 1.54) is 13.2 Å². The maximum atomic E-state index is 11.8. The van der Waals surface area contributed by atoms with Gasteiger partial charge in [-0.25, -0.2) is 4.79 Å². The third-order valence-corrected chi connectivity index (χ3v) is 3.14. The molecule has 0 aromatic heterocycles. The largest absolute Gasteiger partial charge is 0.493 e. The van der Waals surface area contributed by atoms with Crippen LogP contribution in [-0.2, 0) is 4.79 Å². The van der Waals surface area contributed by atoms with Crippen LogP contribution in [-0.4, -0.2) is 19.7 Å². The molecule has 0 spiro atoms. The molecule has 0 radical (unpaired) electrons. The van der Waals surface area contributed by atoms with E-state index in [1.54, 1.807) is 48.5 Å². The van der Waals surface area contributed by atoms with Gasteiger partial charge in [0.2, 0.25) is 0 Å². The number of esters is 1. The standard InChI is InChI=1S/C18H14ClNO4/c1-22-17-11-13(5-7-16(17)23-10-9-20)6-8-18(21)24-15-4-2-3-14(19)12-15/h2-8,11-12H,10H2,1H3/b8-6+. The van der Waals surface area contributed by atoms with Gasteiger partial charge in [-0.05, 0) is 42.0 Å². The molecule has 0 fully saturated rings. The Kier molecular flexibility index (Phi) is 6.23. The predicted molar refractivity (Wildman–Crippen MR) is 90.2 cm³/mol. The molecule has 0 aliphatic carbocycles. The Labute approximate surface area is 144 Å². The fourth-order valence-electron chi connectivity index (χ4n) is 1.86. The second-order valence-corrected chi connectivity index (χ2v) is 5.01. The summed E-state index contributed by atoms with van der Waals surface area (Å²) in [5, 5.41) is 9.03. The summed E-state index contributed by atoms with van der Waals surface area (Å²) in [5.41, 5.74) is 0.721. The summed E-state index contributed by atoms with van der Waals surface area (Å²) in [6, 6.07) is 13.6. The van der Waals surface area contributed by atoms with Crippen LogP contribution >= 0.6 is 11.6 Å². The van der Waals surface area contributed by atoms with Crippen molar-refractivity contribution in [1.29, 1.82) is 5.26 Å². The Bertz CT molecular complexity index is 796. The van der Waals surface area contributed by atoms with Gasteiger partial charge in [0.25, 0.3) is 0 Å². The molecular formula is C18H14ClNO4. The van der Waals surface area contributed by atoms with Crippen molar-refractivity contribution in [2.75, 3.05) is 13.7 Å². The predicted octanol–water partition coefficient (Wildman–Crippen LogP) is 3.87. The summed E-state index contributed by atoms with van der Waals surface area (Å²) in [6.07, 6.45) is 2.88. The molecule has 0 saturated carbocycles. The van der Waals surface area contributed by atoms with Crippen molar-refractivity contribution < 1.29 is 19.0 Å². The molecule has 0 bridgehead atoms. The van der Waals surface area contributed by atoms with Gasteiger partial charge >= 0.3 is 5.97 Å². The lowest BCUT2D eigenvalue weighted by Crippen LogP contribution is -2.03. The first-order valence-corrected chi connectivity index (χ1v) is 7.33. The number of hydrogen-bond acceptors (Lipinski definition) is 5. The van der Waals surface area contributed by atoms with E-state index in [0.717, 1.165) is 5.56 Å². The minimum atomic E-state index is -0.527. The normalized spacial score (nSPS) is 10.2. The maximum absolute atomic E-state index is 11.8. The molecule has 0 aliphatic rings. The number of carbonyl (C=O) groups excluding carboxylic acids is 1. The summed E-state index contributed by atoms with van der Waals surface area (Å²) in [6.45, 7) is -0.0719.